The number of piperidine rings is 1. The molecule has 144 valence electrons. The number of aryl methyl sites for hydroxylation is 2. The Hall–Kier alpha value is -2.69. The molecule has 5 nitrogen and oxygen atoms in total. The Morgan fingerprint density at radius 3 is 2.52 bits per heavy atom. The first kappa shape index (κ1) is 19.1. The molecule has 2 aromatic rings. The number of nitrogens with one attached hydrogen (secondary N) is 1. The number of rotatable bonds is 5. The summed E-state index contributed by atoms with van der Waals surface area (Å²) in [6, 6.07) is 12.0. The number of methoxy groups -OCH3 is 2. The number of anilines is 1. The topological polar surface area (TPSA) is 50.8 Å². The summed E-state index contributed by atoms with van der Waals surface area (Å²) in [4.78, 5) is 14.9. The molecule has 1 amide bonds. The van der Waals surface area contributed by atoms with Crippen molar-refractivity contribution in [3.8, 4) is 11.5 Å². The largest absolute Gasteiger partial charge is 0.493 e. The number of carbonyl (C=O) groups is 1. The highest BCUT2D eigenvalue weighted by molar-refractivity contribution is 5.95. The smallest absolute Gasteiger partial charge is 0.254 e. The first-order valence-electron chi connectivity index (χ1n) is 9.37. The van der Waals surface area contributed by atoms with Gasteiger partial charge < -0.3 is 19.7 Å². The van der Waals surface area contributed by atoms with Gasteiger partial charge in [-0.15, -0.1) is 0 Å². The van der Waals surface area contributed by atoms with Gasteiger partial charge in [0.15, 0.2) is 11.5 Å². The van der Waals surface area contributed by atoms with Crippen LogP contribution in [-0.4, -0.2) is 44.2 Å². The van der Waals surface area contributed by atoms with Crippen molar-refractivity contribution in [2.24, 2.45) is 0 Å². The van der Waals surface area contributed by atoms with Crippen LogP contribution in [0.5, 0.6) is 11.5 Å². The highest BCUT2D eigenvalue weighted by atomic mass is 16.5. The molecule has 0 aromatic heterocycles. The van der Waals surface area contributed by atoms with Crippen molar-refractivity contribution in [2.75, 3.05) is 32.6 Å². The van der Waals surface area contributed by atoms with Gasteiger partial charge >= 0.3 is 0 Å². The van der Waals surface area contributed by atoms with E-state index in [-0.39, 0.29) is 11.9 Å². The lowest BCUT2D eigenvalue weighted by Gasteiger charge is -2.34. The molecule has 1 N–H and O–H groups in total. The zero-order chi connectivity index (χ0) is 19.4. The van der Waals surface area contributed by atoms with E-state index < -0.39 is 0 Å². The first-order chi connectivity index (χ1) is 13.0. The van der Waals surface area contributed by atoms with Gasteiger partial charge in [-0.05, 0) is 68.1 Å². The average Bonchev–Trinajstić information content (AvgIpc) is 2.70. The Morgan fingerprint density at radius 1 is 1.04 bits per heavy atom. The third-order valence-corrected chi connectivity index (χ3v) is 5.22. The highest BCUT2D eigenvalue weighted by Gasteiger charge is 2.25. The van der Waals surface area contributed by atoms with Gasteiger partial charge in [-0.3, -0.25) is 4.79 Å². The molecule has 3 rings (SSSR count). The van der Waals surface area contributed by atoms with Gasteiger partial charge in [0, 0.05) is 30.4 Å². The molecule has 1 heterocycles. The summed E-state index contributed by atoms with van der Waals surface area (Å²) in [6.45, 7) is 5.70. The number of carbonyl (C=O) groups excluding carboxylic acids is 1. The molecule has 1 aliphatic rings. The third kappa shape index (κ3) is 4.35. The minimum atomic E-state index is 0.0301. The molecule has 1 aliphatic heterocycles. The fourth-order valence-electron chi connectivity index (χ4n) is 3.50. The maximum atomic E-state index is 13.0. The number of benzene rings is 2. The monoisotopic (exact) mass is 368 g/mol. The van der Waals surface area contributed by atoms with Gasteiger partial charge in [-0.1, -0.05) is 6.07 Å². The maximum absolute atomic E-state index is 13.0. The van der Waals surface area contributed by atoms with Gasteiger partial charge in [-0.25, -0.2) is 0 Å². The number of nitrogens with zero attached hydrogens (tertiary/aromatic N) is 1. The molecule has 0 spiro atoms. The molecule has 0 bridgehead atoms. The van der Waals surface area contributed by atoms with Crippen LogP contribution in [0.15, 0.2) is 36.4 Å². The van der Waals surface area contributed by atoms with E-state index in [4.69, 9.17) is 9.47 Å². The lowest BCUT2D eigenvalue weighted by molar-refractivity contribution is 0.0714. The number of hydrogen-bond acceptors (Lipinski definition) is 4. The van der Waals surface area contributed by atoms with E-state index in [1.165, 1.54) is 11.1 Å². The second-order valence-electron chi connectivity index (χ2n) is 7.10. The third-order valence-electron chi connectivity index (χ3n) is 5.22. The fraction of sp³-hybridized carbons (Fsp3) is 0.409. The summed E-state index contributed by atoms with van der Waals surface area (Å²) < 4.78 is 10.6. The van der Waals surface area contributed by atoms with E-state index >= 15 is 0 Å². The number of hydrogen-bond donors (Lipinski definition) is 1. The van der Waals surface area contributed by atoms with Crippen LogP contribution < -0.4 is 14.8 Å². The van der Waals surface area contributed by atoms with E-state index in [2.05, 4.69) is 37.4 Å². The van der Waals surface area contributed by atoms with Crippen molar-refractivity contribution >= 4 is 11.6 Å². The Labute approximate surface area is 161 Å². The van der Waals surface area contributed by atoms with Crippen LogP contribution in [0.2, 0.25) is 0 Å². The second-order valence-corrected chi connectivity index (χ2v) is 7.10. The van der Waals surface area contributed by atoms with E-state index in [0.29, 0.717) is 23.6 Å². The normalized spacial score (nSPS) is 16.7. The van der Waals surface area contributed by atoms with Gasteiger partial charge in [0.1, 0.15) is 0 Å². The van der Waals surface area contributed by atoms with Crippen LogP contribution in [0, 0.1) is 13.8 Å². The Balaban J connectivity index is 1.70. The summed E-state index contributed by atoms with van der Waals surface area (Å²) in [6.07, 6.45) is 2.05. The summed E-state index contributed by atoms with van der Waals surface area (Å²) in [5.74, 6) is 1.23. The number of ether oxygens (including phenoxy) is 2. The summed E-state index contributed by atoms with van der Waals surface area (Å²) in [7, 11) is 3.17. The van der Waals surface area contributed by atoms with E-state index in [9.17, 15) is 4.79 Å². The lowest BCUT2D eigenvalue weighted by Crippen LogP contribution is -2.45. The average molecular weight is 368 g/mol. The molecular weight excluding hydrogens is 340 g/mol. The van der Waals surface area contributed by atoms with Crippen LogP contribution >= 0.6 is 0 Å². The number of likely N-dealkylation sites (tertiary alicyclic amines) is 1. The molecule has 1 unspecified atom stereocenters. The summed E-state index contributed by atoms with van der Waals surface area (Å²) in [5.41, 5.74) is 4.30. The van der Waals surface area contributed by atoms with Gasteiger partial charge in [0.2, 0.25) is 0 Å². The molecule has 0 radical (unpaired) electrons. The van der Waals surface area contributed by atoms with Crippen molar-refractivity contribution in [3.05, 3.63) is 53.1 Å². The van der Waals surface area contributed by atoms with E-state index in [1.807, 2.05) is 4.90 Å². The van der Waals surface area contributed by atoms with Gasteiger partial charge in [-0.2, -0.15) is 0 Å². The quantitative estimate of drug-likeness (QED) is 0.865. The van der Waals surface area contributed by atoms with Crippen molar-refractivity contribution in [3.63, 3.8) is 0 Å². The first-order valence-corrected chi connectivity index (χ1v) is 9.37. The minimum absolute atomic E-state index is 0.0301. The predicted molar refractivity (Wildman–Crippen MR) is 108 cm³/mol. The Kier molecular flexibility index (Phi) is 5.89. The Morgan fingerprint density at radius 2 is 1.81 bits per heavy atom. The van der Waals surface area contributed by atoms with Crippen LogP contribution in [0.4, 0.5) is 5.69 Å². The highest BCUT2D eigenvalue weighted by Crippen LogP contribution is 2.28. The van der Waals surface area contributed by atoms with Crippen molar-refractivity contribution in [1.82, 2.24) is 4.90 Å². The maximum Gasteiger partial charge on any atom is 0.254 e. The molecule has 1 fully saturated rings. The van der Waals surface area contributed by atoms with Crippen molar-refractivity contribution in [2.45, 2.75) is 32.7 Å². The SMILES string of the molecule is COc1ccc(C(=O)N2CCCC(Nc3ccc(C)c(C)c3)C2)cc1OC. The van der Waals surface area contributed by atoms with Crippen molar-refractivity contribution < 1.29 is 14.3 Å². The van der Waals surface area contributed by atoms with Crippen LogP contribution in [0.25, 0.3) is 0 Å². The predicted octanol–water partition coefficient (Wildman–Crippen LogP) is 4.04. The number of amides is 1. The van der Waals surface area contributed by atoms with Crippen LogP contribution in [0.3, 0.4) is 0 Å². The minimum Gasteiger partial charge on any atom is -0.493 e. The molecule has 0 saturated carbocycles. The summed E-state index contributed by atoms with van der Waals surface area (Å²) in [5, 5.41) is 3.59. The van der Waals surface area contributed by atoms with Crippen molar-refractivity contribution in [1.29, 1.82) is 0 Å². The van der Waals surface area contributed by atoms with E-state index in [1.54, 1.807) is 32.4 Å². The molecular formula is C22H28N2O3. The lowest BCUT2D eigenvalue weighted by atomic mass is 10.0. The van der Waals surface area contributed by atoms with Gasteiger partial charge in [0.25, 0.3) is 5.91 Å². The zero-order valence-corrected chi connectivity index (χ0v) is 16.5. The summed E-state index contributed by atoms with van der Waals surface area (Å²) >= 11 is 0. The molecule has 0 aliphatic carbocycles. The van der Waals surface area contributed by atoms with E-state index in [0.717, 1.165) is 25.1 Å². The second kappa shape index (κ2) is 8.33. The molecule has 1 saturated heterocycles. The standard InChI is InChI=1S/C22H28N2O3/c1-15-7-9-18(12-16(15)2)23-19-6-5-11-24(14-19)22(25)17-8-10-20(26-3)21(13-17)27-4/h7-10,12-13,19,23H,5-6,11,14H2,1-4H3. The fourth-order valence-corrected chi connectivity index (χ4v) is 3.50. The van der Waals surface area contributed by atoms with Gasteiger partial charge in [0.05, 0.1) is 14.2 Å². The Bertz CT molecular complexity index is 819. The zero-order valence-electron chi connectivity index (χ0n) is 16.5. The molecule has 2 aromatic carbocycles. The molecule has 1 atom stereocenters. The molecule has 27 heavy (non-hydrogen) atoms. The van der Waals surface area contributed by atoms with Crippen LogP contribution in [0.1, 0.15) is 34.3 Å². The molecule has 5 heteroatoms. The van der Waals surface area contributed by atoms with Crippen LogP contribution in [-0.2, 0) is 0 Å².